The Kier molecular flexibility index (Phi) is 4.18. The second-order valence-electron chi connectivity index (χ2n) is 4.35. The molecule has 7 heteroatoms. The number of benzene rings is 2. The van der Waals surface area contributed by atoms with Gasteiger partial charge in [-0.05, 0) is 24.3 Å². The normalized spacial score (nSPS) is 10.5. The Labute approximate surface area is 136 Å². The lowest BCUT2D eigenvalue weighted by atomic mass is 10.2. The molecule has 0 amide bonds. The predicted molar refractivity (Wildman–Crippen MR) is 85.1 cm³/mol. The van der Waals surface area contributed by atoms with Crippen LogP contribution in [0.5, 0.6) is 5.75 Å². The van der Waals surface area contributed by atoms with Crippen LogP contribution in [-0.2, 0) is 0 Å². The van der Waals surface area contributed by atoms with Crippen LogP contribution in [0.15, 0.2) is 42.5 Å². The van der Waals surface area contributed by atoms with Crippen molar-refractivity contribution in [3.8, 4) is 28.5 Å². The van der Waals surface area contributed by atoms with Gasteiger partial charge < -0.3 is 4.74 Å². The number of halogens is 2. The van der Waals surface area contributed by atoms with E-state index in [1.165, 1.54) is 0 Å². The molecule has 0 saturated heterocycles. The number of rotatable bonds is 3. The average Bonchev–Trinajstić information content (AvgIpc) is 2.56. The molecule has 3 aromatic rings. The van der Waals surface area contributed by atoms with Crippen LogP contribution < -0.4 is 4.74 Å². The van der Waals surface area contributed by atoms with E-state index in [9.17, 15) is 0 Å². The molecule has 0 N–H and O–H groups in total. The van der Waals surface area contributed by atoms with Crippen molar-refractivity contribution < 1.29 is 4.74 Å². The van der Waals surface area contributed by atoms with Gasteiger partial charge in [0.15, 0.2) is 0 Å². The summed E-state index contributed by atoms with van der Waals surface area (Å²) in [6.07, 6.45) is 0. The molecule has 1 heterocycles. The highest BCUT2D eigenvalue weighted by molar-refractivity contribution is 6.34. The van der Waals surface area contributed by atoms with Crippen molar-refractivity contribution >= 4 is 23.2 Å². The molecule has 110 valence electrons. The van der Waals surface area contributed by atoms with Crippen molar-refractivity contribution in [3.05, 3.63) is 52.5 Å². The van der Waals surface area contributed by atoms with Gasteiger partial charge >= 0.3 is 0 Å². The number of methoxy groups -OCH3 is 1. The highest BCUT2D eigenvalue weighted by Gasteiger charge is 2.13. The molecule has 0 saturated carbocycles. The molecule has 0 aliphatic rings. The molecule has 0 spiro atoms. The minimum Gasteiger partial charge on any atom is -0.495 e. The van der Waals surface area contributed by atoms with Gasteiger partial charge in [-0.3, -0.25) is 0 Å². The van der Waals surface area contributed by atoms with Crippen molar-refractivity contribution in [2.75, 3.05) is 7.11 Å². The van der Waals surface area contributed by atoms with E-state index in [-0.39, 0.29) is 0 Å². The summed E-state index contributed by atoms with van der Waals surface area (Å²) in [7, 11) is 1.54. The maximum Gasteiger partial charge on any atom is 0.205 e. The maximum atomic E-state index is 6.24. The SMILES string of the molecule is COc1cccc(-c2nnc(-c3ccccc3Cl)nn2)c1Cl. The first-order chi connectivity index (χ1) is 10.7. The Bertz CT molecular complexity index is 809. The summed E-state index contributed by atoms with van der Waals surface area (Å²) >= 11 is 12.4. The fourth-order valence-electron chi connectivity index (χ4n) is 1.93. The Morgan fingerprint density at radius 1 is 0.773 bits per heavy atom. The maximum absolute atomic E-state index is 6.24. The topological polar surface area (TPSA) is 60.8 Å². The summed E-state index contributed by atoms with van der Waals surface area (Å²) in [5, 5.41) is 17.3. The van der Waals surface area contributed by atoms with E-state index in [2.05, 4.69) is 20.4 Å². The van der Waals surface area contributed by atoms with Gasteiger partial charge in [-0.15, -0.1) is 20.4 Å². The lowest BCUT2D eigenvalue weighted by Gasteiger charge is -2.07. The van der Waals surface area contributed by atoms with Crippen LogP contribution in [-0.4, -0.2) is 27.5 Å². The van der Waals surface area contributed by atoms with Crippen LogP contribution in [0.4, 0.5) is 0 Å². The molecule has 1 aromatic heterocycles. The molecule has 5 nitrogen and oxygen atoms in total. The zero-order valence-corrected chi connectivity index (χ0v) is 13.0. The molecule has 22 heavy (non-hydrogen) atoms. The summed E-state index contributed by atoms with van der Waals surface area (Å²) in [6.45, 7) is 0. The molecule has 0 aliphatic carbocycles. The Balaban J connectivity index is 2.01. The minimum atomic E-state index is 0.319. The van der Waals surface area contributed by atoms with Crippen molar-refractivity contribution in [1.29, 1.82) is 0 Å². The van der Waals surface area contributed by atoms with E-state index < -0.39 is 0 Å². The number of hydrogen-bond acceptors (Lipinski definition) is 5. The van der Waals surface area contributed by atoms with Crippen LogP contribution in [0.25, 0.3) is 22.8 Å². The quantitative estimate of drug-likeness (QED) is 0.727. The third-order valence-electron chi connectivity index (χ3n) is 3.02. The first-order valence-electron chi connectivity index (χ1n) is 6.36. The van der Waals surface area contributed by atoms with E-state index in [4.69, 9.17) is 27.9 Å². The second kappa shape index (κ2) is 6.25. The van der Waals surface area contributed by atoms with Crippen LogP contribution >= 0.6 is 23.2 Å². The fraction of sp³-hybridized carbons (Fsp3) is 0.0667. The lowest BCUT2D eigenvalue weighted by Crippen LogP contribution is -2.00. The van der Waals surface area contributed by atoms with E-state index in [1.54, 1.807) is 37.4 Å². The van der Waals surface area contributed by atoms with Crippen molar-refractivity contribution in [2.24, 2.45) is 0 Å². The first kappa shape index (κ1) is 14.7. The fourth-order valence-corrected chi connectivity index (χ4v) is 2.44. The van der Waals surface area contributed by atoms with Gasteiger partial charge in [0, 0.05) is 11.1 Å². The molecular weight excluding hydrogens is 323 g/mol. The van der Waals surface area contributed by atoms with Gasteiger partial charge in [-0.1, -0.05) is 41.4 Å². The summed E-state index contributed by atoms with van der Waals surface area (Å²) in [4.78, 5) is 0. The Hall–Kier alpha value is -2.24. The van der Waals surface area contributed by atoms with Crippen LogP contribution in [0.2, 0.25) is 10.0 Å². The van der Waals surface area contributed by atoms with Crippen molar-refractivity contribution in [1.82, 2.24) is 20.4 Å². The second-order valence-corrected chi connectivity index (χ2v) is 5.13. The first-order valence-corrected chi connectivity index (χ1v) is 7.11. The highest BCUT2D eigenvalue weighted by Crippen LogP contribution is 2.33. The Morgan fingerprint density at radius 3 is 2.00 bits per heavy atom. The summed E-state index contributed by atoms with van der Waals surface area (Å²) in [5.41, 5.74) is 1.28. The molecule has 0 atom stereocenters. The van der Waals surface area contributed by atoms with Crippen LogP contribution in [0, 0.1) is 0 Å². The molecule has 0 bridgehead atoms. The van der Waals surface area contributed by atoms with Gasteiger partial charge in [-0.2, -0.15) is 0 Å². The molecule has 2 aromatic carbocycles. The van der Waals surface area contributed by atoms with Gasteiger partial charge in [0.05, 0.1) is 17.2 Å². The van der Waals surface area contributed by atoms with Crippen LogP contribution in [0.3, 0.4) is 0 Å². The summed E-state index contributed by atoms with van der Waals surface area (Å²) in [6, 6.07) is 12.6. The van der Waals surface area contributed by atoms with E-state index in [1.807, 2.05) is 12.1 Å². The van der Waals surface area contributed by atoms with Crippen LogP contribution in [0.1, 0.15) is 0 Å². The van der Waals surface area contributed by atoms with Gasteiger partial charge in [0.25, 0.3) is 0 Å². The van der Waals surface area contributed by atoms with Crippen molar-refractivity contribution in [3.63, 3.8) is 0 Å². The third-order valence-corrected chi connectivity index (χ3v) is 3.74. The molecule has 0 fully saturated rings. The molecular formula is C15H10Cl2N4O. The zero-order valence-electron chi connectivity index (χ0n) is 11.5. The molecule has 0 radical (unpaired) electrons. The molecule has 3 rings (SSSR count). The minimum absolute atomic E-state index is 0.319. The number of ether oxygens (including phenoxy) is 1. The number of nitrogens with zero attached hydrogens (tertiary/aromatic N) is 4. The summed E-state index contributed by atoms with van der Waals surface area (Å²) in [5.74, 6) is 1.21. The van der Waals surface area contributed by atoms with Gasteiger partial charge in [-0.25, -0.2) is 0 Å². The van der Waals surface area contributed by atoms with E-state index in [0.717, 1.165) is 0 Å². The highest BCUT2D eigenvalue weighted by atomic mass is 35.5. The van der Waals surface area contributed by atoms with Crippen molar-refractivity contribution in [2.45, 2.75) is 0 Å². The number of aromatic nitrogens is 4. The standard InChI is InChI=1S/C15H10Cl2N4O/c1-22-12-8-4-6-10(13(12)17)15-20-18-14(19-21-15)9-5-2-3-7-11(9)16/h2-8H,1H3. The monoisotopic (exact) mass is 332 g/mol. The molecule has 0 aliphatic heterocycles. The van der Waals surface area contributed by atoms with Gasteiger partial charge in [0.2, 0.25) is 11.6 Å². The zero-order chi connectivity index (χ0) is 15.5. The predicted octanol–water partition coefficient (Wildman–Crippen LogP) is 3.92. The molecule has 0 unspecified atom stereocenters. The smallest absolute Gasteiger partial charge is 0.205 e. The third kappa shape index (κ3) is 2.73. The van der Waals surface area contributed by atoms with Gasteiger partial charge in [0.1, 0.15) is 5.75 Å². The summed E-state index contributed by atoms with van der Waals surface area (Å²) < 4.78 is 5.17. The van der Waals surface area contributed by atoms with E-state index in [0.29, 0.717) is 38.6 Å². The largest absolute Gasteiger partial charge is 0.495 e. The number of hydrogen-bond donors (Lipinski definition) is 0. The van der Waals surface area contributed by atoms with E-state index >= 15 is 0 Å². The average molecular weight is 333 g/mol. The lowest BCUT2D eigenvalue weighted by molar-refractivity contribution is 0.415. The Morgan fingerprint density at radius 2 is 1.36 bits per heavy atom.